The van der Waals surface area contributed by atoms with Gasteiger partial charge in [0.05, 0.1) is 30.2 Å². The zero-order valence-electron chi connectivity index (χ0n) is 17.4. The van der Waals surface area contributed by atoms with Gasteiger partial charge in [-0.2, -0.15) is 13.2 Å². The molecule has 0 aliphatic carbocycles. The van der Waals surface area contributed by atoms with Crippen LogP contribution in [0.25, 0.3) is 11.0 Å². The van der Waals surface area contributed by atoms with Crippen molar-refractivity contribution in [2.75, 3.05) is 24.3 Å². The van der Waals surface area contributed by atoms with Gasteiger partial charge in [-0.3, -0.25) is 4.79 Å². The van der Waals surface area contributed by atoms with Crippen molar-refractivity contribution in [2.45, 2.75) is 38.6 Å². The molecule has 3 aromatic rings. The number of aryl methyl sites for hydroxylation is 1. The van der Waals surface area contributed by atoms with Crippen molar-refractivity contribution in [3.63, 3.8) is 0 Å². The van der Waals surface area contributed by atoms with E-state index < -0.39 is 23.3 Å². The molecule has 4 rings (SSSR count). The summed E-state index contributed by atoms with van der Waals surface area (Å²) < 4.78 is 50.6. The van der Waals surface area contributed by atoms with E-state index in [0.717, 1.165) is 12.1 Å². The summed E-state index contributed by atoms with van der Waals surface area (Å²) in [4.78, 5) is 23.8. The number of hydrogen-bond donors (Lipinski definition) is 3. The number of alkyl halides is 3. The van der Waals surface area contributed by atoms with E-state index in [1.807, 2.05) is 0 Å². The molecule has 1 aliphatic heterocycles. The van der Waals surface area contributed by atoms with Crippen LogP contribution in [-0.2, 0) is 10.9 Å². The number of halogens is 3. The van der Waals surface area contributed by atoms with Crippen molar-refractivity contribution in [2.24, 2.45) is 0 Å². The number of aromatic nitrogens is 3. The number of anilines is 2. The quantitative estimate of drug-likeness (QED) is 0.510. The second kappa shape index (κ2) is 8.30. The van der Waals surface area contributed by atoms with Gasteiger partial charge >= 0.3 is 6.18 Å². The van der Waals surface area contributed by atoms with Gasteiger partial charge in [0.15, 0.2) is 5.75 Å². The van der Waals surface area contributed by atoms with Crippen molar-refractivity contribution in [1.29, 1.82) is 0 Å². The molecular weight excluding hydrogens is 427 g/mol. The lowest BCUT2D eigenvalue weighted by molar-refractivity contribution is -0.137. The first-order chi connectivity index (χ1) is 15.1. The van der Waals surface area contributed by atoms with E-state index in [1.165, 1.54) is 12.1 Å². The summed E-state index contributed by atoms with van der Waals surface area (Å²) >= 11 is 0. The maximum absolute atomic E-state index is 13.2. The molecule has 1 saturated heterocycles. The van der Waals surface area contributed by atoms with Crippen molar-refractivity contribution >= 4 is 22.5 Å². The molecule has 0 bridgehead atoms. The van der Waals surface area contributed by atoms with Crippen molar-refractivity contribution in [3.05, 3.63) is 51.6 Å². The Bertz CT molecular complexity index is 1210. The number of fused-ring (bicyclic) bond motifs is 1. The molecule has 11 heteroatoms. The Hall–Kier alpha value is -3.34. The van der Waals surface area contributed by atoms with Gasteiger partial charge in [0.1, 0.15) is 23.4 Å². The maximum Gasteiger partial charge on any atom is 0.416 e. The van der Waals surface area contributed by atoms with Crippen LogP contribution in [0.5, 0.6) is 5.75 Å². The summed E-state index contributed by atoms with van der Waals surface area (Å²) in [6, 6.07) is 4.36. The van der Waals surface area contributed by atoms with Crippen molar-refractivity contribution < 1.29 is 22.6 Å². The summed E-state index contributed by atoms with van der Waals surface area (Å²) in [6.07, 6.45) is -4.08. The second-order valence-corrected chi connectivity index (χ2v) is 7.70. The molecule has 1 aliphatic rings. The van der Waals surface area contributed by atoms with Crippen LogP contribution in [0.2, 0.25) is 0 Å². The predicted octanol–water partition coefficient (Wildman–Crippen LogP) is 3.57. The van der Waals surface area contributed by atoms with Gasteiger partial charge < -0.3 is 25.5 Å². The topological polar surface area (TPSA) is 115 Å². The fourth-order valence-corrected chi connectivity index (χ4v) is 3.54. The van der Waals surface area contributed by atoms with Crippen LogP contribution in [0.4, 0.5) is 24.7 Å². The molecule has 0 radical (unpaired) electrons. The average Bonchev–Trinajstić information content (AvgIpc) is 3.21. The first kappa shape index (κ1) is 21.9. The predicted molar refractivity (Wildman–Crippen MR) is 113 cm³/mol. The summed E-state index contributed by atoms with van der Waals surface area (Å²) in [5.41, 5.74) is 5.06. The SMILES string of the molecule is Cc1nc(N[C@H](C)c2cc(N)cc(C(F)(F)F)c2)c2cc(O[C@H]3CCOC3)c(=O)[nH]c2n1. The first-order valence-corrected chi connectivity index (χ1v) is 10.0. The number of H-pyrrole nitrogens is 1. The second-order valence-electron chi connectivity index (χ2n) is 7.70. The smallest absolute Gasteiger partial charge is 0.416 e. The number of nitrogens with zero attached hydrogens (tertiary/aromatic N) is 2. The van der Waals surface area contributed by atoms with E-state index in [4.69, 9.17) is 15.2 Å². The Labute approximate surface area is 181 Å². The van der Waals surface area contributed by atoms with Crippen LogP contribution >= 0.6 is 0 Å². The zero-order chi connectivity index (χ0) is 23.0. The number of benzene rings is 1. The number of nitrogen functional groups attached to an aromatic ring is 1. The highest BCUT2D eigenvalue weighted by molar-refractivity contribution is 5.87. The van der Waals surface area contributed by atoms with E-state index in [9.17, 15) is 18.0 Å². The molecular formula is C21H22F3N5O3. The number of ether oxygens (including phenoxy) is 2. The van der Waals surface area contributed by atoms with E-state index in [2.05, 4.69) is 20.3 Å². The average molecular weight is 449 g/mol. The lowest BCUT2D eigenvalue weighted by Crippen LogP contribution is -2.21. The van der Waals surface area contributed by atoms with Gasteiger partial charge in [-0.15, -0.1) is 0 Å². The van der Waals surface area contributed by atoms with E-state index in [-0.39, 0.29) is 23.2 Å². The van der Waals surface area contributed by atoms with Crippen LogP contribution in [0.1, 0.15) is 36.3 Å². The molecule has 0 saturated carbocycles. The molecule has 0 amide bonds. The van der Waals surface area contributed by atoms with Gasteiger partial charge in [-0.1, -0.05) is 0 Å². The Morgan fingerprint density at radius 3 is 2.75 bits per heavy atom. The number of aromatic amines is 1. The standard InChI is InChI=1S/C21H22F3N5O3/c1-10(12-5-13(21(22,23)24)7-14(25)6-12)26-18-16-8-17(32-15-3-4-31-9-15)20(30)29-19(16)28-11(2)27-18/h5-8,10,15H,3-4,9,25H2,1-2H3,(H2,26,27,28,29,30)/t10-,15+/m1/s1. The van der Waals surface area contributed by atoms with E-state index >= 15 is 0 Å². The van der Waals surface area contributed by atoms with E-state index in [1.54, 1.807) is 13.8 Å². The van der Waals surface area contributed by atoms with Crippen LogP contribution in [0.3, 0.4) is 0 Å². The highest BCUT2D eigenvalue weighted by Gasteiger charge is 2.31. The number of pyridine rings is 1. The zero-order valence-corrected chi connectivity index (χ0v) is 17.4. The molecule has 0 spiro atoms. The number of rotatable bonds is 5. The van der Waals surface area contributed by atoms with Gasteiger partial charge in [-0.05, 0) is 37.6 Å². The lowest BCUT2D eigenvalue weighted by atomic mass is 10.0. The number of nitrogens with one attached hydrogen (secondary N) is 2. The highest BCUT2D eigenvalue weighted by atomic mass is 19.4. The molecule has 1 aromatic carbocycles. The Balaban J connectivity index is 1.70. The fraction of sp³-hybridized carbons (Fsp3) is 0.381. The molecule has 4 N–H and O–H groups in total. The Kier molecular flexibility index (Phi) is 5.68. The van der Waals surface area contributed by atoms with Crippen LogP contribution in [0.15, 0.2) is 29.1 Å². The first-order valence-electron chi connectivity index (χ1n) is 10.0. The van der Waals surface area contributed by atoms with Crippen LogP contribution in [-0.4, -0.2) is 34.3 Å². The van der Waals surface area contributed by atoms with Gasteiger partial charge in [0.25, 0.3) is 5.56 Å². The molecule has 2 aromatic heterocycles. The molecule has 3 heterocycles. The van der Waals surface area contributed by atoms with Crippen LogP contribution in [0, 0.1) is 6.92 Å². The normalized spacial score (nSPS) is 17.5. The highest BCUT2D eigenvalue weighted by Crippen LogP contribution is 2.34. The maximum atomic E-state index is 13.2. The minimum atomic E-state index is -4.52. The molecule has 32 heavy (non-hydrogen) atoms. The lowest BCUT2D eigenvalue weighted by Gasteiger charge is -2.19. The van der Waals surface area contributed by atoms with Gasteiger partial charge in [0.2, 0.25) is 0 Å². The molecule has 0 unspecified atom stereocenters. The molecule has 8 nitrogen and oxygen atoms in total. The summed E-state index contributed by atoms with van der Waals surface area (Å²) in [6.45, 7) is 4.29. The van der Waals surface area contributed by atoms with Crippen molar-refractivity contribution in [1.82, 2.24) is 15.0 Å². The Morgan fingerprint density at radius 1 is 1.28 bits per heavy atom. The molecule has 1 fully saturated rings. The largest absolute Gasteiger partial charge is 0.482 e. The van der Waals surface area contributed by atoms with E-state index in [0.29, 0.717) is 42.2 Å². The minimum absolute atomic E-state index is 0.00556. The summed E-state index contributed by atoms with van der Waals surface area (Å²) in [5, 5.41) is 3.58. The van der Waals surface area contributed by atoms with Crippen LogP contribution < -0.4 is 21.3 Å². The van der Waals surface area contributed by atoms with Crippen molar-refractivity contribution in [3.8, 4) is 5.75 Å². The number of hydrogen-bond acceptors (Lipinski definition) is 7. The Morgan fingerprint density at radius 2 is 2.06 bits per heavy atom. The summed E-state index contributed by atoms with van der Waals surface area (Å²) in [7, 11) is 0. The minimum Gasteiger partial charge on any atom is -0.482 e. The molecule has 2 atom stereocenters. The summed E-state index contributed by atoms with van der Waals surface area (Å²) in [5.74, 6) is 0.823. The number of nitrogens with two attached hydrogens (primary N) is 1. The van der Waals surface area contributed by atoms with Gasteiger partial charge in [-0.25, -0.2) is 9.97 Å². The fourth-order valence-electron chi connectivity index (χ4n) is 3.54. The monoisotopic (exact) mass is 449 g/mol. The third kappa shape index (κ3) is 4.62. The molecule has 170 valence electrons. The van der Waals surface area contributed by atoms with Gasteiger partial charge in [0, 0.05) is 18.2 Å². The third-order valence-electron chi connectivity index (χ3n) is 5.13. The third-order valence-corrected chi connectivity index (χ3v) is 5.13.